The summed E-state index contributed by atoms with van der Waals surface area (Å²) < 4.78 is 18.3. The highest BCUT2D eigenvalue weighted by Crippen LogP contribution is 2.22. The van der Waals surface area contributed by atoms with Gasteiger partial charge in [-0.25, -0.2) is 4.39 Å². The minimum Gasteiger partial charge on any atom is -0.387 e. The second-order valence-electron chi connectivity index (χ2n) is 3.36. The van der Waals surface area contributed by atoms with Gasteiger partial charge in [-0.15, -0.1) is 0 Å². The molecule has 1 unspecified atom stereocenters. The van der Waals surface area contributed by atoms with E-state index in [0.717, 1.165) is 0 Å². The number of halogens is 2. The predicted molar refractivity (Wildman–Crippen MR) is 61.1 cm³/mol. The number of methoxy groups -OCH3 is 1. The molecule has 0 radical (unpaired) electrons. The second-order valence-corrected chi connectivity index (χ2v) is 3.76. The van der Waals surface area contributed by atoms with Crippen molar-refractivity contribution in [2.75, 3.05) is 26.8 Å². The van der Waals surface area contributed by atoms with Gasteiger partial charge in [-0.1, -0.05) is 23.7 Å². The Balaban J connectivity index is 2.52. The zero-order valence-electron chi connectivity index (χ0n) is 9.04. The van der Waals surface area contributed by atoms with Crippen LogP contribution in [0.25, 0.3) is 0 Å². The third kappa shape index (κ3) is 3.72. The summed E-state index contributed by atoms with van der Waals surface area (Å²) >= 11 is 5.62. The minimum atomic E-state index is -0.907. The Morgan fingerprint density at radius 1 is 1.56 bits per heavy atom. The quantitative estimate of drug-likeness (QED) is 0.753. The van der Waals surface area contributed by atoms with E-state index in [0.29, 0.717) is 13.2 Å². The van der Waals surface area contributed by atoms with Crippen molar-refractivity contribution in [3.63, 3.8) is 0 Å². The number of nitrogens with one attached hydrogen (secondary N) is 1. The molecule has 0 aliphatic rings. The van der Waals surface area contributed by atoms with Crippen molar-refractivity contribution in [2.45, 2.75) is 6.10 Å². The lowest BCUT2D eigenvalue weighted by molar-refractivity contribution is 0.158. The van der Waals surface area contributed by atoms with Crippen LogP contribution in [0.4, 0.5) is 4.39 Å². The van der Waals surface area contributed by atoms with Gasteiger partial charge in [-0.3, -0.25) is 0 Å². The first kappa shape index (κ1) is 13.4. The molecule has 0 spiro atoms. The number of hydrogen-bond acceptors (Lipinski definition) is 3. The first-order valence-corrected chi connectivity index (χ1v) is 5.36. The van der Waals surface area contributed by atoms with Gasteiger partial charge in [0.1, 0.15) is 5.82 Å². The van der Waals surface area contributed by atoms with Crippen LogP contribution in [0, 0.1) is 5.82 Å². The fourth-order valence-electron chi connectivity index (χ4n) is 1.30. The van der Waals surface area contributed by atoms with E-state index in [1.165, 1.54) is 12.1 Å². The third-order valence-corrected chi connectivity index (χ3v) is 2.45. The van der Waals surface area contributed by atoms with E-state index in [9.17, 15) is 9.50 Å². The number of benzene rings is 1. The normalized spacial score (nSPS) is 12.8. The van der Waals surface area contributed by atoms with Crippen LogP contribution >= 0.6 is 11.6 Å². The van der Waals surface area contributed by atoms with Crippen LogP contribution in [0.3, 0.4) is 0 Å². The van der Waals surface area contributed by atoms with E-state index >= 15 is 0 Å². The van der Waals surface area contributed by atoms with Gasteiger partial charge in [0, 0.05) is 25.8 Å². The number of aliphatic hydroxyl groups is 1. The molecule has 5 heteroatoms. The smallest absolute Gasteiger partial charge is 0.147 e. The number of ether oxygens (including phenoxy) is 1. The molecule has 0 aliphatic carbocycles. The first-order chi connectivity index (χ1) is 7.66. The molecule has 0 bridgehead atoms. The van der Waals surface area contributed by atoms with Gasteiger partial charge in [0.2, 0.25) is 0 Å². The Morgan fingerprint density at radius 2 is 2.31 bits per heavy atom. The van der Waals surface area contributed by atoms with Gasteiger partial charge < -0.3 is 15.2 Å². The Hall–Kier alpha value is -0.680. The summed E-state index contributed by atoms with van der Waals surface area (Å²) in [6, 6.07) is 4.58. The van der Waals surface area contributed by atoms with Gasteiger partial charge in [-0.2, -0.15) is 0 Å². The second kappa shape index (κ2) is 6.81. The molecule has 0 saturated carbocycles. The van der Waals surface area contributed by atoms with Gasteiger partial charge >= 0.3 is 0 Å². The molecule has 1 atom stereocenters. The molecule has 1 aromatic rings. The molecule has 0 saturated heterocycles. The largest absolute Gasteiger partial charge is 0.387 e. The zero-order chi connectivity index (χ0) is 12.0. The molecular formula is C11H15ClFNO2. The lowest BCUT2D eigenvalue weighted by atomic mass is 10.1. The summed E-state index contributed by atoms with van der Waals surface area (Å²) in [4.78, 5) is 0. The summed E-state index contributed by atoms with van der Waals surface area (Å²) in [7, 11) is 1.59. The van der Waals surface area contributed by atoms with Crippen LogP contribution in [0.5, 0.6) is 0 Å². The van der Waals surface area contributed by atoms with Crippen LogP contribution in [-0.4, -0.2) is 31.9 Å². The van der Waals surface area contributed by atoms with Crippen molar-refractivity contribution in [1.82, 2.24) is 5.32 Å². The molecule has 0 fully saturated rings. The molecule has 1 aromatic carbocycles. The molecule has 0 heterocycles. The Kier molecular flexibility index (Phi) is 5.69. The average molecular weight is 248 g/mol. The number of rotatable bonds is 6. The molecule has 3 nitrogen and oxygen atoms in total. The van der Waals surface area contributed by atoms with Crippen LogP contribution in [0.2, 0.25) is 5.02 Å². The molecule has 90 valence electrons. The summed E-state index contributed by atoms with van der Waals surface area (Å²) in [6.45, 7) is 1.42. The highest BCUT2D eigenvalue weighted by molar-refractivity contribution is 6.30. The fraction of sp³-hybridized carbons (Fsp3) is 0.455. The zero-order valence-corrected chi connectivity index (χ0v) is 9.80. The summed E-state index contributed by atoms with van der Waals surface area (Å²) in [5.74, 6) is -0.565. The summed E-state index contributed by atoms with van der Waals surface area (Å²) in [6.07, 6.45) is -0.907. The Labute approximate surface area is 99.2 Å². The Bertz CT molecular complexity index is 336. The standard InChI is InChI=1S/C11H15ClFNO2/c1-16-6-5-14-7-10(15)8-3-2-4-9(12)11(8)13/h2-4,10,14-15H,5-7H2,1H3. The SMILES string of the molecule is COCCNCC(O)c1cccc(Cl)c1F. The average Bonchev–Trinajstić information content (AvgIpc) is 2.28. The minimum absolute atomic E-state index is 0.0217. The first-order valence-electron chi connectivity index (χ1n) is 4.98. The molecule has 1 rings (SSSR count). The van der Waals surface area contributed by atoms with Crippen LogP contribution in [-0.2, 0) is 4.74 Å². The lowest BCUT2D eigenvalue weighted by Gasteiger charge is -2.13. The number of hydrogen-bond donors (Lipinski definition) is 2. The van der Waals surface area contributed by atoms with Crippen molar-refractivity contribution < 1.29 is 14.2 Å². The van der Waals surface area contributed by atoms with E-state index in [1.807, 2.05) is 0 Å². The highest BCUT2D eigenvalue weighted by atomic mass is 35.5. The van der Waals surface area contributed by atoms with Gasteiger partial charge in [0.05, 0.1) is 17.7 Å². The van der Waals surface area contributed by atoms with Gasteiger partial charge in [0.15, 0.2) is 0 Å². The maximum absolute atomic E-state index is 13.5. The molecule has 2 N–H and O–H groups in total. The lowest BCUT2D eigenvalue weighted by Crippen LogP contribution is -2.25. The fourth-order valence-corrected chi connectivity index (χ4v) is 1.48. The van der Waals surface area contributed by atoms with Crippen LogP contribution in [0.1, 0.15) is 11.7 Å². The van der Waals surface area contributed by atoms with Crippen molar-refractivity contribution in [3.05, 3.63) is 34.6 Å². The monoisotopic (exact) mass is 247 g/mol. The van der Waals surface area contributed by atoms with Gasteiger partial charge in [-0.05, 0) is 6.07 Å². The third-order valence-electron chi connectivity index (χ3n) is 2.16. The molecule has 0 aromatic heterocycles. The topological polar surface area (TPSA) is 41.5 Å². The van der Waals surface area contributed by atoms with Gasteiger partial charge in [0.25, 0.3) is 0 Å². The molecule has 0 amide bonds. The van der Waals surface area contributed by atoms with Crippen molar-refractivity contribution >= 4 is 11.6 Å². The molecule has 16 heavy (non-hydrogen) atoms. The number of aliphatic hydroxyl groups excluding tert-OH is 1. The van der Waals surface area contributed by atoms with Crippen LogP contribution < -0.4 is 5.32 Å². The summed E-state index contributed by atoms with van der Waals surface area (Å²) in [5, 5.41) is 12.7. The van der Waals surface area contributed by atoms with Crippen molar-refractivity contribution in [2.24, 2.45) is 0 Å². The van der Waals surface area contributed by atoms with E-state index in [4.69, 9.17) is 16.3 Å². The Morgan fingerprint density at radius 3 is 3.00 bits per heavy atom. The summed E-state index contributed by atoms with van der Waals surface area (Å²) in [5.41, 5.74) is 0.206. The van der Waals surface area contributed by atoms with E-state index in [1.54, 1.807) is 13.2 Å². The van der Waals surface area contributed by atoms with E-state index in [2.05, 4.69) is 5.32 Å². The predicted octanol–water partition coefficient (Wildman–Crippen LogP) is 1.75. The van der Waals surface area contributed by atoms with Crippen molar-refractivity contribution in [3.8, 4) is 0 Å². The van der Waals surface area contributed by atoms with E-state index < -0.39 is 11.9 Å². The molecule has 0 aliphatic heterocycles. The van der Waals surface area contributed by atoms with E-state index in [-0.39, 0.29) is 17.1 Å². The van der Waals surface area contributed by atoms with Crippen molar-refractivity contribution in [1.29, 1.82) is 0 Å². The maximum atomic E-state index is 13.5. The van der Waals surface area contributed by atoms with Crippen LogP contribution in [0.15, 0.2) is 18.2 Å². The molecular weight excluding hydrogens is 233 g/mol. The highest BCUT2D eigenvalue weighted by Gasteiger charge is 2.14. The maximum Gasteiger partial charge on any atom is 0.147 e.